The lowest BCUT2D eigenvalue weighted by Gasteiger charge is -2.17. The first-order valence-electron chi connectivity index (χ1n) is 9.09. The SMILES string of the molecule is COc1ccc(NC(=O)Cn2cnc3sc4c(c3c2=O)CC[C@H](C)C4)cc1Cl. The predicted molar refractivity (Wildman–Crippen MR) is 112 cm³/mol. The zero-order valence-corrected chi connectivity index (χ0v) is 17.2. The molecule has 2 heterocycles. The molecule has 0 saturated carbocycles. The number of methoxy groups -OCH3 is 1. The highest BCUT2D eigenvalue weighted by atomic mass is 35.5. The molecule has 2 aromatic heterocycles. The molecule has 0 spiro atoms. The fourth-order valence-corrected chi connectivity index (χ4v) is 5.18. The van der Waals surface area contributed by atoms with Crippen molar-refractivity contribution in [1.82, 2.24) is 9.55 Å². The Balaban J connectivity index is 1.58. The van der Waals surface area contributed by atoms with Gasteiger partial charge in [0.1, 0.15) is 17.1 Å². The number of hydrogen-bond donors (Lipinski definition) is 1. The van der Waals surface area contributed by atoms with Crippen LogP contribution in [-0.2, 0) is 24.2 Å². The molecule has 4 rings (SSSR count). The number of thiophene rings is 1. The van der Waals surface area contributed by atoms with Crippen molar-refractivity contribution in [3.05, 3.63) is 50.3 Å². The normalized spacial score (nSPS) is 16.0. The Bertz CT molecular complexity index is 1120. The van der Waals surface area contributed by atoms with Crippen LogP contribution in [-0.4, -0.2) is 22.6 Å². The van der Waals surface area contributed by atoms with Gasteiger partial charge in [0.2, 0.25) is 5.91 Å². The number of amides is 1. The first-order chi connectivity index (χ1) is 13.5. The summed E-state index contributed by atoms with van der Waals surface area (Å²) in [6, 6.07) is 4.98. The molecule has 1 amide bonds. The molecule has 6 nitrogen and oxygen atoms in total. The standard InChI is InChI=1S/C20H20ClN3O3S/c1-11-3-5-13-16(7-11)28-19-18(13)20(26)24(10-22-19)9-17(25)23-12-4-6-15(27-2)14(21)8-12/h4,6,8,10-11H,3,5,7,9H2,1-2H3,(H,23,25)/t11-/m0/s1. The van der Waals surface area contributed by atoms with Crippen LogP contribution in [0.2, 0.25) is 5.02 Å². The van der Waals surface area contributed by atoms with E-state index < -0.39 is 0 Å². The van der Waals surface area contributed by atoms with E-state index in [2.05, 4.69) is 17.2 Å². The predicted octanol–water partition coefficient (Wildman–Crippen LogP) is 3.88. The van der Waals surface area contributed by atoms with Crippen LogP contribution in [0.25, 0.3) is 10.2 Å². The zero-order valence-electron chi connectivity index (χ0n) is 15.6. The molecular formula is C20H20ClN3O3S. The number of ether oxygens (including phenoxy) is 1. The van der Waals surface area contributed by atoms with Crippen molar-refractivity contribution in [2.24, 2.45) is 5.92 Å². The summed E-state index contributed by atoms with van der Waals surface area (Å²) >= 11 is 7.69. The number of fused-ring (bicyclic) bond motifs is 3. The third kappa shape index (κ3) is 3.52. The van der Waals surface area contributed by atoms with Crippen molar-refractivity contribution >= 4 is 44.7 Å². The molecule has 1 atom stereocenters. The second-order valence-corrected chi connectivity index (χ2v) is 8.60. The molecule has 8 heteroatoms. The van der Waals surface area contributed by atoms with E-state index in [1.807, 2.05) is 0 Å². The van der Waals surface area contributed by atoms with Crippen molar-refractivity contribution in [2.75, 3.05) is 12.4 Å². The van der Waals surface area contributed by atoms with Gasteiger partial charge in [-0.05, 0) is 48.9 Å². The Morgan fingerprint density at radius 3 is 3.04 bits per heavy atom. The number of anilines is 1. The Morgan fingerprint density at radius 1 is 1.46 bits per heavy atom. The van der Waals surface area contributed by atoms with Gasteiger partial charge in [-0.3, -0.25) is 14.2 Å². The van der Waals surface area contributed by atoms with Crippen molar-refractivity contribution in [3.8, 4) is 5.75 Å². The van der Waals surface area contributed by atoms with Crippen molar-refractivity contribution in [2.45, 2.75) is 32.7 Å². The van der Waals surface area contributed by atoms with E-state index in [9.17, 15) is 9.59 Å². The van der Waals surface area contributed by atoms with Gasteiger partial charge in [-0.15, -0.1) is 11.3 Å². The highest BCUT2D eigenvalue weighted by Gasteiger charge is 2.23. The Kier molecular flexibility index (Phi) is 5.12. The third-order valence-corrected chi connectivity index (χ3v) is 6.49. The van der Waals surface area contributed by atoms with Gasteiger partial charge in [-0.2, -0.15) is 0 Å². The van der Waals surface area contributed by atoms with Crippen molar-refractivity contribution < 1.29 is 9.53 Å². The van der Waals surface area contributed by atoms with E-state index in [4.69, 9.17) is 16.3 Å². The summed E-state index contributed by atoms with van der Waals surface area (Å²) < 4.78 is 6.47. The smallest absolute Gasteiger partial charge is 0.262 e. The Hall–Kier alpha value is -2.38. The fourth-order valence-electron chi connectivity index (χ4n) is 3.58. The Morgan fingerprint density at radius 2 is 2.29 bits per heavy atom. The highest BCUT2D eigenvalue weighted by Crippen LogP contribution is 2.35. The summed E-state index contributed by atoms with van der Waals surface area (Å²) in [6.45, 7) is 2.13. The highest BCUT2D eigenvalue weighted by molar-refractivity contribution is 7.18. The van der Waals surface area contributed by atoms with Crippen LogP contribution in [0.3, 0.4) is 0 Å². The third-order valence-electron chi connectivity index (χ3n) is 5.03. The van der Waals surface area contributed by atoms with Crippen LogP contribution < -0.4 is 15.6 Å². The van der Waals surface area contributed by atoms with E-state index in [-0.39, 0.29) is 18.0 Å². The molecule has 146 valence electrons. The number of carbonyl (C=O) groups is 1. The monoisotopic (exact) mass is 417 g/mol. The number of hydrogen-bond acceptors (Lipinski definition) is 5. The van der Waals surface area contributed by atoms with Gasteiger partial charge in [0.25, 0.3) is 5.56 Å². The number of benzene rings is 1. The van der Waals surface area contributed by atoms with Gasteiger partial charge in [0, 0.05) is 10.6 Å². The molecule has 0 aliphatic heterocycles. The molecule has 1 aliphatic rings. The summed E-state index contributed by atoms with van der Waals surface area (Å²) in [5.74, 6) is 0.842. The van der Waals surface area contributed by atoms with Crippen LogP contribution in [0.1, 0.15) is 23.8 Å². The van der Waals surface area contributed by atoms with Gasteiger partial charge in [0.05, 0.1) is 23.8 Å². The second kappa shape index (κ2) is 7.56. The summed E-state index contributed by atoms with van der Waals surface area (Å²) in [5.41, 5.74) is 1.51. The van der Waals surface area contributed by atoms with Crippen molar-refractivity contribution in [1.29, 1.82) is 0 Å². The summed E-state index contributed by atoms with van der Waals surface area (Å²) in [7, 11) is 1.53. The molecule has 1 aromatic carbocycles. The van der Waals surface area contributed by atoms with Gasteiger partial charge in [-0.1, -0.05) is 18.5 Å². The molecule has 0 fully saturated rings. The fraction of sp³-hybridized carbons (Fsp3) is 0.350. The van der Waals surface area contributed by atoms with Crippen LogP contribution in [0.15, 0.2) is 29.3 Å². The average molecular weight is 418 g/mol. The van der Waals surface area contributed by atoms with Gasteiger partial charge in [0.15, 0.2) is 0 Å². The number of carbonyl (C=O) groups excluding carboxylic acids is 1. The van der Waals surface area contributed by atoms with E-state index in [1.165, 1.54) is 22.9 Å². The summed E-state index contributed by atoms with van der Waals surface area (Å²) in [5, 5.41) is 3.83. The maximum atomic E-state index is 13.0. The maximum absolute atomic E-state index is 13.0. The van der Waals surface area contributed by atoms with Gasteiger partial charge in [-0.25, -0.2) is 4.98 Å². The van der Waals surface area contributed by atoms with Crippen LogP contribution in [0, 0.1) is 5.92 Å². The lowest BCUT2D eigenvalue weighted by Crippen LogP contribution is -2.28. The van der Waals surface area contributed by atoms with Gasteiger partial charge < -0.3 is 10.1 Å². The molecular weight excluding hydrogens is 398 g/mol. The Labute approximate surface area is 171 Å². The second-order valence-electron chi connectivity index (χ2n) is 7.11. The number of nitrogens with one attached hydrogen (secondary N) is 1. The molecule has 3 aromatic rings. The quantitative estimate of drug-likeness (QED) is 0.699. The zero-order chi connectivity index (χ0) is 19.8. The average Bonchev–Trinajstić information content (AvgIpc) is 3.02. The number of halogens is 1. The number of rotatable bonds is 4. The van der Waals surface area contributed by atoms with Crippen LogP contribution in [0.5, 0.6) is 5.75 Å². The summed E-state index contributed by atoms with van der Waals surface area (Å²) in [6.07, 6.45) is 4.42. The topological polar surface area (TPSA) is 73.2 Å². The first kappa shape index (κ1) is 19.0. The number of aromatic nitrogens is 2. The maximum Gasteiger partial charge on any atom is 0.262 e. The minimum Gasteiger partial charge on any atom is -0.495 e. The molecule has 1 aliphatic carbocycles. The van der Waals surface area contributed by atoms with Crippen LogP contribution >= 0.6 is 22.9 Å². The lowest BCUT2D eigenvalue weighted by atomic mass is 9.89. The van der Waals surface area contributed by atoms with E-state index >= 15 is 0 Å². The number of nitrogens with zero attached hydrogens (tertiary/aromatic N) is 2. The van der Waals surface area contributed by atoms with E-state index in [1.54, 1.807) is 29.5 Å². The molecule has 0 radical (unpaired) electrons. The molecule has 0 saturated heterocycles. The first-order valence-corrected chi connectivity index (χ1v) is 10.3. The van der Waals surface area contributed by atoms with Crippen LogP contribution in [0.4, 0.5) is 5.69 Å². The molecule has 1 N–H and O–H groups in total. The molecule has 28 heavy (non-hydrogen) atoms. The molecule has 0 unspecified atom stereocenters. The van der Waals surface area contributed by atoms with E-state index in [0.717, 1.165) is 29.7 Å². The lowest BCUT2D eigenvalue weighted by molar-refractivity contribution is -0.116. The van der Waals surface area contributed by atoms with Crippen molar-refractivity contribution in [3.63, 3.8) is 0 Å². The van der Waals surface area contributed by atoms with Gasteiger partial charge >= 0.3 is 0 Å². The minimum absolute atomic E-state index is 0.105. The summed E-state index contributed by atoms with van der Waals surface area (Å²) in [4.78, 5) is 31.9. The van der Waals surface area contributed by atoms with E-state index in [0.29, 0.717) is 27.8 Å². The largest absolute Gasteiger partial charge is 0.495 e. The minimum atomic E-state index is -0.317. The molecule has 0 bridgehead atoms. The number of aryl methyl sites for hydroxylation is 1.